The smallest absolute Gasteiger partial charge is 0.408 e. The van der Waals surface area contributed by atoms with Gasteiger partial charge in [-0.25, -0.2) is 0 Å². The van der Waals surface area contributed by atoms with E-state index in [2.05, 4.69) is 5.10 Å². The quantitative estimate of drug-likeness (QED) is 0.279. The maximum absolute atomic E-state index is 12.1. The minimum Gasteiger partial charge on any atom is -0.460 e. The highest BCUT2D eigenvalue weighted by Gasteiger charge is 2.19. The molecule has 0 unspecified atom stereocenters. The van der Waals surface area contributed by atoms with Crippen LogP contribution in [0.5, 0.6) is 0 Å². The molecule has 0 spiro atoms. The molecule has 0 N–H and O–H groups in total. The van der Waals surface area contributed by atoms with Gasteiger partial charge in [0.25, 0.3) is 0 Å². The lowest BCUT2D eigenvalue weighted by Crippen LogP contribution is -2.00. The molecule has 2 heterocycles. The average molecular weight is 372 g/mol. The van der Waals surface area contributed by atoms with Crippen molar-refractivity contribution in [2.45, 2.75) is 13.5 Å². The summed E-state index contributed by atoms with van der Waals surface area (Å²) in [5, 5.41) is 14.5. The number of nitro groups is 1. The van der Waals surface area contributed by atoms with Crippen molar-refractivity contribution >= 4 is 29.3 Å². The number of allylic oxidation sites excluding steroid dienone is 1. The molecule has 7 nitrogen and oxygen atoms in total. The molecular formula is C18H14ClN3O4. The van der Waals surface area contributed by atoms with E-state index in [4.69, 9.17) is 16.0 Å². The standard InChI is InChI=1S/C18H14ClN3O4/c1-12-2-4-13(5-3-12)17(23)9-8-14-6-7-15(26-14)10-21-11-16(19)18(20-21)22(24)25/h2-9,11H,10H2,1H3/b9-8+. The van der Waals surface area contributed by atoms with Crippen molar-refractivity contribution in [3.8, 4) is 0 Å². The molecular weight excluding hydrogens is 358 g/mol. The first-order chi connectivity index (χ1) is 12.4. The lowest BCUT2D eigenvalue weighted by atomic mass is 10.1. The maximum Gasteiger partial charge on any atom is 0.408 e. The number of ketones is 1. The van der Waals surface area contributed by atoms with E-state index in [9.17, 15) is 14.9 Å². The summed E-state index contributed by atoms with van der Waals surface area (Å²) >= 11 is 5.76. The highest BCUT2D eigenvalue weighted by Crippen LogP contribution is 2.22. The number of rotatable bonds is 6. The van der Waals surface area contributed by atoms with E-state index < -0.39 is 10.7 Å². The number of carbonyl (C=O) groups is 1. The van der Waals surface area contributed by atoms with Gasteiger partial charge in [-0.2, -0.15) is 4.68 Å². The van der Waals surface area contributed by atoms with E-state index in [1.807, 2.05) is 19.1 Å². The minimum atomic E-state index is -0.647. The summed E-state index contributed by atoms with van der Waals surface area (Å²) in [6.07, 6.45) is 4.37. The summed E-state index contributed by atoms with van der Waals surface area (Å²) in [7, 11) is 0. The molecule has 0 bridgehead atoms. The van der Waals surface area contributed by atoms with Crippen LogP contribution in [0.2, 0.25) is 5.02 Å². The summed E-state index contributed by atoms with van der Waals surface area (Å²) in [4.78, 5) is 22.2. The fourth-order valence-corrected chi connectivity index (χ4v) is 2.51. The van der Waals surface area contributed by atoms with Crippen molar-refractivity contribution in [2.24, 2.45) is 0 Å². The molecule has 3 aromatic rings. The number of aryl methyl sites for hydroxylation is 1. The Bertz CT molecular complexity index is 986. The zero-order chi connectivity index (χ0) is 18.7. The lowest BCUT2D eigenvalue weighted by Gasteiger charge is -1.96. The normalized spacial score (nSPS) is 11.2. The Kier molecular flexibility index (Phi) is 4.99. The predicted molar refractivity (Wildman–Crippen MR) is 96.2 cm³/mol. The third-order valence-corrected chi connectivity index (χ3v) is 3.87. The summed E-state index contributed by atoms with van der Waals surface area (Å²) in [5.41, 5.74) is 1.68. The SMILES string of the molecule is Cc1ccc(C(=O)/C=C/c2ccc(Cn3cc(Cl)c([N+](=O)[O-])n3)o2)cc1. The van der Waals surface area contributed by atoms with Crippen molar-refractivity contribution in [1.29, 1.82) is 0 Å². The van der Waals surface area contributed by atoms with Gasteiger partial charge < -0.3 is 14.5 Å². The summed E-state index contributed by atoms with van der Waals surface area (Å²) in [5.74, 6) is 0.495. The largest absolute Gasteiger partial charge is 0.460 e. The van der Waals surface area contributed by atoms with E-state index in [1.54, 1.807) is 30.3 Å². The Morgan fingerprint density at radius 1 is 1.31 bits per heavy atom. The number of aromatic nitrogens is 2. The van der Waals surface area contributed by atoms with Crippen LogP contribution in [0.3, 0.4) is 0 Å². The van der Waals surface area contributed by atoms with Gasteiger partial charge in [0.1, 0.15) is 18.1 Å². The van der Waals surface area contributed by atoms with E-state index in [0.717, 1.165) is 5.56 Å². The number of carbonyl (C=O) groups excluding carboxylic acids is 1. The summed E-state index contributed by atoms with van der Waals surface area (Å²) < 4.78 is 6.91. The number of nitrogens with zero attached hydrogens (tertiary/aromatic N) is 3. The summed E-state index contributed by atoms with van der Waals surface area (Å²) in [6.45, 7) is 2.14. The monoisotopic (exact) mass is 371 g/mol. The Hall–Kier alpha value is -3.19. The Balaban J connectivity index is 1.68. The van der Waals surface area contributed by atoms with Crippen LogP contribution in [0.15, 0.2) is 53.1 Å². The molecule has 0 atom stereocenters. The van der Waals surface area contributed by atoms with Gasteiger partial charge in [-0.05, 0) is 36.1 Å². The van der Waals surface area contributed by atoms with E-state index in [-0.39, 0.29) is 17.4 Å². The fraction of sp³-hybridized carbons (Fsp3) is 0.111. The highest BCUT2D eigenvalue weighted by molar-refractivity contribution is 6.32. The minimum absolute atomic E-state index is 0.0367. The van der Waals surface area contributed by atoms with Crippen LogP contribution in [-0.4, -0.2) is 20.5 Å². The van der Waals surface area contributed by atoms with Gasteiger partial charge in [-0.3, -0.25) is 4.79 Å². The second-order valence-electron chi connectivity index (χ2n) is 5.62. The topological polar surface area (TPSA) is 91.2 Å². The second kappa shape index (κ2) is 7.37. The lowest BCUT2D eigenvalue weighted by molar-refractivity contribution is -0.389. The molecule has 0 fully saturated rings. The van der Waals surface area contributed by atoms with Gasteiger partial charge >= 0.3 is 5.82 Å². The predicted octanol–water partition coefficient (Wildman–Crippen LogP) is 4.29. The molecule has 0 aliphatic carbocycles. The Labute approximate surface area is 153 Å². The summed E-state index contributed by atoms with van der Waals surface area (Å²) in [6, 6.07) is 10.7. The van der Waals surface area contributed by atoms with Crippen LogP contribution in [0.4, 0.5) is 5.82 Å². The van der Waals surface area contributed by atoms with Gasteiger partial charge in [0.05, 0.1) is 11.3 Å². The molecule has 3 rings (SSSR count). The van der Waals surface area contributed by atoms with Crippen LogP contribution in [0.25, 0.3) is 6.08 Å². The van der Waals surface area contributed by atoms with Crippen LogP contribution >= 0.6 is 11.6 Å². The molecule has 0 radical (unpaired) electrons. The number of hydrogen-bond acceptors (Lipinski definition) is 5. The van der Waals surface area contributed by atoms with Crippen LogP contribution in [0.1, 0.15) is 27.4 Å². The maximum atomic E-state index is 12.1. The third kappa shape index (κ3) is 4.07. The van der Waals surface area contributed by atoms with Crippen molar-refractivity contribution in [3.63, 3.8) is 0 Å². The average Bonchev–Trinajstić information content (AvgIpc) is 3.20. The molecule has 0 saturated heterocycles. The first-order valence-electron chi connectivity index (χ1n) is 7.67. The van der Waals surface area contributed by atoms with Crippen LogP contribution in [0, 0.1) is 17.0 Å². The van der Waals surface area contributed by atoms with Crippen molar-refractivity contribution in [1.82, 2.24) is 9.78 Å². The molecule has 2 aromatic heterocycles. The van der Waals surface area contributed by atoms with E-state index in [1.165, 1.54) is 17.0 Å². The second-order valence-corrected chi connectivity index (χ2v) is 6.03. The van der Waals surface area contributed by atoms with Crippen molar-refractivity contribution < 1.29 is 14.1 Å². The molecule has 0 aliphatic heterocycles. The molecule has 0 saturated carbocycles. The van der Waals surface area contributed by atoms with Crippen LogP contribution in [-0.2, 0) is 6.54 Å². The zero-order valence-corrected chi connectivity index (χ0v) is 14.5. The van der Waals surface area contributed by atoms with Gasteiger partial charge in [0.15, 0.2) is 10.8 Å². The van der Waals surface area contributed by atoms with E-state index >= 15 is 0 Å². The number of benzene rings is 1. The molecule has 8 heteroatoms. The van der Waals surface area contributed by atoms with Gasteiger partial charge in [-0.1, -0.05) is 41.4 Å². The molecule has 0 aliphatic rings. The Morgan fingerprint density at radius 2 is 2.04 bits per heavy atom. The van der Waals surface area contributed by atoms with Crippen molar-refractivity contribution in [2.75, 3.05) is 0 Å². The molecule has 0 amide bonds. The van der Waals surface area contributed by atoms with Gasteiger partial charge in [0, 0.05) is 5.56 Å². The fourth-order valence-electron chi connectivity index (χ4n) is 2.29. The van der Waals surface area contributed by atoms with E-state index in [0.29, 0.717) is 17.1 Å². The first-order valence-corrected chi connectivity index (χ1v) is 8.05. The molecule has 1 aromatic carbocycles. The molecule has 132 valence electrons. The zero-order valence-electron chi connectivity index (χ0n) is 13.8. The van der Waals surface area contributed by atoms with Gasteiger partial charge in [0.2, 0.25) is 0 Å². The van der Waals surface area contributed by atoms with Crippen molar-refractivity contribution in [3.05, 3.63) is 86.5 Å². The first kappa shape index (κ1) is 17.6. The third-order valence-electron chi connectivity index (χ3n) is 3.61. The number of hydrogen-bond donors (Lipinski definition) is 0. The van der Waals surface area contributed by atoms with Gasteiger partial charge in [-0.15, -0.1) is 0 Å². The number of halogens is 1. The highest BCUT2D eigenvalue weighted by atomic mass is 35.5. The number of furan rings is 1. The Morgan fingerprint density at radius 3 is 2.69 bits per heavy atom. The molecule has 26 heavy (non-hydrogen) atoms. The van der Waals surface area contributed by atoms with Crippen LogP contribution < -0.4 is 0 Å².